The number of nitrogens with zero attached hydrogens (tertiary/aromatic N) is 2. The van der Waals surface area contributed by atoms with E-state index in [0.717, 1.165) is 5.12 Å². The average molecular weight is 245 g/mol. The van der Waals surface area contributed by atoms with Crippen molar-refractivity contribution in [1.82, 2.24) is 15.9 Å². The van der Waals surface area contributed by atoms with Gasteiger partial charge in [-0.15, -0.1) is 5.43 Å². The van der Waals surface area contributed by atoms with Crippen LogP contribution in [0.4, 0.5) is 4.79 Å². The molecule has 0 aromatic rings. The maximum absolute atomic E-state index is 11.8. The highest BCUT2D eigenvalue weighted by Gasteiger charge is 2.40. The van der Waals surface area contributed by atoms with Crippen LogP contribution in [0.1, 0.15) is 27.7 Å². The number of hydrazine groups is 2. The smallest absolute Gasteiger partial charge is 0.413 e. The highest BCUT2D eigenvalue weighted by Crippen LogP contribution is 2.05. The van der Waals surface area contributed by atoms with E-state index in [4.69, 9.17) is 10.5 Å². The predicted octanol–water partition coefficient (Wildman–Crippen LogP) is -0.540. The van der Waals surface area contributed by atoms with E-state index in [-0.39, 0.29) is 5.90 Å². The van der Waals surface area contributed by atoms with Gasteiger partial charge in [0.2, 0.25) is 6.17 Å². The fourth-order valence-corrected chi connectivity index (χ4v) is 1.26. The average Bonchev–Trinajstić information content (AvgIpc) is 2.43. The van der Waals surface area contributed by atoms with Gasteiger partial charge in [-0.1, -0.05) is 0 Å². The lowest BCUT2D eigenvalue weighted by atomic mass is 10.1. The van der Waals surface area contributed by atoms with Crippen LogP contribution in [0.15, 0.2) is 0 Å². The zero-order chi connectivity index (χ0) is 13.2. The molecule has 0 saturated heterocycles. The van der Waals surface area contributed by atoms with Crippen molar-refractivity contribution < 1.29 is 14.4 Å². The summed E-state index contributed by atoms with van der Waals surface area (Å²) in [6.45, 7) is 7.46. The van der Waals surface area contributed by atoms with E-state index in [0.29, 0.717) is 11.5 Å². The summed E-state index contributed by atoms with van der Waals surface area (Å²) in [5, 5.41) is 15.1. The zero-order valence-corrected chi connectivity index (χ0v) is 10.5. The van der Waals surface area contributed by atoms with Crippen molar-refractivity contribution in [3.8, 4) is 0 Å². The molecule has 1 aliphatic rings. The van der Waals surface area contributed by atoms with Crippen molar-refractivity contribution in [1.29, 1.82) is 0 Å². The molecule has 8 nitrogen and oxygen atoms in total. The fraction of sp³-hybridized carbons (Fsp3) is 0.778. The Morgan fingerprint density at radius 2 is 2.29 bits per heavy atom. The summed E-state index contributed by atoms with van der Waals surface area (Å²) in [5.41, 5.74) is 7.68. The molecule has 0 bridgehead atoms. The quantitative estimate of drug-likeness (QED) is 0.425. The van der Waals surface area contributed by atoms with Crippen LogP contribution in [0.5, 0.6) is 0 Å². The minimum atomic E-state index is -0.821. The lowest BCUT2D eigenvalue weighted by molar-refractivity contribution is -0.621. The lowest BCUT2D eigenvalue weighted by Gasteiger charge is -2.22. The van der Waals surface area contributed by atoms with Crippen molar-refractivity contribution in [2.45, 2.75) is 39.4 Å². The molecule has 4 N–H and O–H groups in total. The first-order valence-electron chi connectivity index (χ1n) is 5.37. The summed E-state index contributed by atoms with van der Waals surface area (Å²) in [6.07, 6.45) is -0.821. The maximum Gasteiger partial charge on any atom is 0.413 e. The second-order valence-electron chi connectivity index (χ2n) is 4.64. The van der Waals surface area contributed by atoms with Crippen LogP contribution in [-0.4, -0.2) is 40.2 Å². The summed E-state index contributed by atoms with van der Waals surface area (Å²) in [4.78, 5) is 12.1. The van der Waals surface area contributed by atoms with Crippen LogP contribution in [-0.2, 0) is 4.74 Å². The number of carbonyl (C=O) groups excluding carboxylic acids is 1. The van der Waals surface area contributed by atoms with E-state index in [1.807, 2.05) is 20.8 Å². The van der Waals surface area contributed by atoms with Crippen LogP contribution in [0.25, 0.3) is 0 Å². The van der Waals surface area contributed by atoms with Crippen molar-refractivity contribution in [3.63, 3.8) is 0 Å². The van der Waals surface area contributed by atoms with Crippen molar-refractivity contribution in [3.05, 3.63) is 5.21 Å². The molecule has 0 saturated carbocycles. The van der Waals surface area contributed by atoms with Gasteiger partial charge >= 0.3 is 11.9 Å². The molecule has 1 aliphatic heterocycles. The number of ether oxygens (including phenoxy) is 1. The summed E-state index contributed by atoms with van der Waals surface area (Å²) >= 11 is 0. The molecule has 0 spiro atoms. The molecule has 17 heavy (non-hydrogen) atoms. The Hall–Kier alpha value is -1.54. The molecule has 2 amide bonds. The number of nitrogens with two attached hydrogens (primary N) is 1. The van der Waals surface area contributed by atoms with Gasteiger partial charge in [-0.2, -0.15) is 0 Å². The van der Waals surface area contributed by atoms with Crippen LogP contribution in [0.3, 0.4) is 0 Å². The molecule has 1 rings (SSSR count). The Kier molecular flexibility index (Phi) is 3.79. The SMILES string of the molecule is CCOC1=[N+]([O-])N(C(=O)NC(C)(C)C)NC1N. The van der Waals surface area contributed by atoms with Crippen molar-refractivity contribution >= 4 is 11.9 Å². The number of urea groups is 1. The molecule has 0 aromatic heterocycles. The van der Waals surface area contributed by atoms with Gasteiger partial charge in [0, 0.05) is 5.54 Å². The van der Waals surface area contributed by atoms with Gasteiger partial charge in [0.15, 0.2) is 0 Å². The third-order valence-electron chi connectivity index (χ3n) is 1.86. The second-order valence-corrected chi connectivity index (χ2v) is 4.64. The molecule has 0 aromatic carbocycles. The van der Waals surface area contributed by atoms with Gasteiger partial charge in [0.1, 0.15) is 0 Å². The van der Waals surface area contributed by atoms with Crippen LogP contribution < -0.4 is 16.5 Å². The number of hydrogen-bond donors (Lipinski definition) is 3. The van der Waals surface area contributed by atoms with Gasteiger partial charge in [-0.3, -0.25) is 0 Å². The highest BCUT2D eigenvalue weighted by molar-refractivity contribution is 5.81. The zero-order valence-electron chi connectivity index (χ0n) is 10.5. The van der Waals surface area contributed by atoms with Crippen LogP contribution in [0.2, 0.25) is 0 Å². The summed E-state index contributed by atoms with van der Waals surface area (Å²) in [6, 6.07) is -0.586. The third-order valence-corrected chi connectivity index (χ3v) is 1.86. The minimum absolute atomic E-state index is 0.0310. The van der Waals surface area contributed by atoms with Crippen molar-refractivity contribution in [2.24, 2.45) is 5.73 Å². The fourth-order valence-electron chi connectivity index (χ4n) is 1.26. The molecule has 0 fully saturated rings. The molecular weight excluding hydrogens is 226 g/mol. The standard InChI is InChI=1S/C9H19N5O3/c1-5-17-7-6(10)12-13(14(7)16)8(15)11-9(2,3)4/h6,12H,5,10H2,1-4H3,(H,11,15). The van der Waals surface area contributed by atoms with Gasteiger partial charge in [-0.25, -0.2) is 4.79 Å². The van der Waals surface area contributed by atoms with Gasteiger partial charge in [0.25, 0.3) is 0 Å². The van der Waals surface area contributed by atoms with Crippen LogP contribution in [0, 0.1) is 5.21 Å². The summed E-state index contributed by atoms with van der Waals surface area (Å²) in [7, 11) is 0. The molecule has 98 valence electrons. The van der Waals surface area contributed by atoms with E-state index in [1.54, 1.807) is 6.92 Å². The number of carbonyl (C=O) groups is 1. The molecule has 1 atom stereocenters. The van der Waals surface area contributed by atoms with Crippen LogP contribution >= 0.6 is 0 Å². The highest BCUT2D eigenvalue weighted by atomic mass is 16.6. The molecular formula is C9H19N5O3. The molecule has 0 radical (unpaired) electrons. The number of rotatable bonds is 1. The van der Waals surface area contributed by atoms with Gasteiger partial charge < -0.3 is 21.0 Å². The molecule has 1 heterocycles. The van der Waals surface area contributed by atoms with Crippen molar-refractivity contribution in [2.75, 3.05) is 6.61 Å². The van der Waals surface area contributed by atoms with E-state index in [1.165, 1.54) is 0 Å². The molecule has 0 aliphatic carbocycles. The Morgan fingerprint density at radius 3 is 2.76 bits per heavy atom. The second kappa shape index (κ2) is 4.76. The number of hydrazone groups is 1. The van der Waals surface area contributed by atoms with E-state index < -0.39 is 17.7 Å². The Morgan fingerprint density at radius 1 is 1.71 bits per heavy atom. The first-order chi connectivity index (χ1) is 7.76. The largest absolute Gasteiger partial charge is 0.592 e. The van der Waals surface area contributed by atoms with E-state index in [9.17, 15) is 10.0 Å². The maximum atomic E-state index is 11.8. The van der Waals surface area contributed by atoms with E-state index >= 15 is 0 Å². The van der Waals surface area contributed by atoms with Gasteiger partial charge in [-0.05, 0) is 37.7 Å². The Bertz CT molecular complexity index is 336. The Labute approximate surface area is 99.9 Å². The lowest BCUT2D eigenvalue weighted by Crippen LogP contribution is -2.55. The first-order valence-corrected chi connectivity index (χ1v) is 5.37. The first kappa shape index (κ1) is 13.5. The summed E-state index contributed by atoms with van der Waals surface area (Å²) in [5.74, 6) is -0.0310. The molecule has 1 unspecified atom stereocenters. The summed E-state index contributed by atoms with van der Waals surface area (Å²) < 4.78 is 5.06. The number of amides is 2. The number of hydrogen-bond acceptors (Lipinski definition) is 5. The monoisotopic (exact) mass is 245 g/mol. The Balaban J connectivity index is 2.78. The normalized spacial score (nSPS) is 20.8. The van der Waals surface area contributed by atoms with E-state index in [2.05, 4.69) is 10.7 Å². The topological polar surface area (TPSA) is 106 Å². The van der Waals surface area contributed by atoms with Gasteiger partial charge in [0.05, 0.1) is 6.61 Å². The molecule has 8 heteroatoms. The predicted molar refractivity (Wildman–Crippen MR) is 61.5 cm³/mol. The third kappa shape index (κ3) is 3.21. The number of nitrogens with one attached hydrogen (secondary N) is 2. The minimum Gasteiger partial charge on any atom is -0.592 e.